The standard InChI is InChI=1S/C18H22N2O2S/c1-11-15-9-14(22-2)5-6-16(15)23-17(11)18(21)20-12-3-4-13(20)10-19-8-7-12/h5-6,9,12-13,19H,3-4,7-8,10H2,1-2H3. The molecule has 0 aliphatic carbocycles. The van der Waals surface area contributed by atoms with Gasteiger partial charge in [-0.05, 0) is 61.9 Å². The van der Waals surface area contributed by atoms with Gasteiger partial charge in [-0.3, -0.25) is 4.79 Å². The zero-order valence-electron chi connectivity index (χ0n) is 13.6. The molecule has 4 nitrogen and oxygen atoms in total. The van der Waals surface area contributed by atoms with Crippen molar-refractivity contribution < 1.29 is 9.53 Å². The third-order valence-electron chi connectivity index (χ3n) is 5.23. The summed E-state index contributed by atoms with van der Waals surface area (Å²) in [7, 11) is 1.68. The first kappa shape index (κ1) is 15.0. The molecule has 2 aliphatic heterocycles. The number of fused-ring (bicyclic) bond motifs is 3. The monoisotopic (exact) mass is 330 g/mol. The van der Waals surface area contributed by atoms with Gasteiger partial charge in [0.25, 0.3) is 5.91 Å². The zero-order valence-corrected chi connectivity index (χ0v) is 14.4. The number of nitrogens with zero attached hydrogens (tertiary/aromatic N) is 1. The molecule has 0 spiro atoms. The van der Waals surface area contributed by atoms with Gasteiger partial charge in [-0.1, -0.05) is 0 Å². The number of methoxy groups -OCH3 is 1. The van der Waals surface area contributed by atoms with Crippen LogP contribution in [0.2, 0.25) is 0 Å². The lowest BCUT2D eigenvalue weighted by molar-refractivity contribution is 0.0685. The molecule has 1 N–H and O–H groups in total. The molecule has 23 heavy (non-hydrogen) atoms. The Morgan fingerprint density at radius 1 is 1.30 bits per heavy atom. The topological polar surface area (TPSA) is 41.6 Å². The number of hydrogen-bond acceptors (Lipinski definition) is 4. The average molecular weight is 330 g/mol. The lowest BCUT2D eigenvalue weighted by atomic mass is 10.1. The summed E-state index contributed by atoms with van der Waals surface area (Å²) in [5, 5.41) is 4.60. The molecular formula is C18H22N2O2S. The van der Waals surface area contributed by atoms with Crippen molar-refractivity contribution in [2.75, 3.05) is 20.2 Å². The highest BCUT2D eigenvalue weighted by molar-refractivity contribution is 7.21. The predicted octanol–water partition coefficient (Wildman–Crippen LogP) is 3.18. The van der Waals surface area contributed by atoms with E-state index in [-0.39, 0.29) is 5.91 Å². The van der Waals surface area contributed by atoms with Gasteiger partial charge in [0.2, 0.25) is 0 Å². The van der Waals surface area contributed by atoms with Crippen LogP contribution in [0.1, 0.15) is 34.5 Å². The van der Waals surface area contributed by atoms with Gasteiger partial charge in [-0.15, -0.1) is 11.3 Å². The summed E-state index contributed by atoms with van der Waals surface area (Å²) in [5.41, 5.74) is 1.09. The molecule has 0 saturated carbocycles. The molecule has 2 unspecified atom stereocenters. The van der Waals surface area contributed by atoms with Crippen LogP contribution in [-0.2, 0) is 0 Å². The Bertz CT molecular complexity index is 741. The fourth-order valence-electron chi connectivity index (χ4n) is 3.96. The van der Waals surface area contributed by atoms with Crippen molar-refractivity contribution in [1.29, 1.82) is 0 Å². The highest BCUT2D eigenvalue weighted by Gasteiger charge is 2.39. The molecule has 2 aromatic rings. The van der Waals surface area contributed by atoms with E-state index < -0.39 is 0 Å². The molecule has 122 valence electrons. The third-order valence-corrected chi connectivity index (χ3v) is 6.49. The van der Waals surface area contributed by atoms with Crippen molar-refractivity contribution in [2.45, 2.75) is 38.3 Å². The van der Waals surface area contributed by atoms with E-state index in [0.717, 1.165) is 58.6 Å². The van der Waals surface area contributed by atoms with Crippen LogP contribution in [-0.4, -0.2) is 43.1 Å². The van der Waals surface area contributed by atoms with Crippen LogP contribution in [0.15, 0.2) is 18.2 Å². The molecule has 5 heteroatoms. The van der Waals surface area contributed by atoms with Crippen molar-refractivity contribution >= 4 is 27.3 Å². The minimum atomic E-state index is 0.221. The van der Waals surface area contributed by atoms with Crippen LogP contribution in [0.3, 0.4) is 0 Å². The molecule has 4 rings (SSSR count). The van der Waals surface area contributed by atoms with Crippen LogP contribution >= 0.6 is 11.3 Å². The quantitative estimate of drug-likeness (QED) is 0.919. The number of nitrogens with one attached hydrogen (secondary N) is 1. The summed E-state index contributed by atoms with van der Waals surface area (Å²) in [4.78, 5) is 16.3. The van der Waals surface area contributed by atoms with Gasteiger partial charge in [0.1, 0.15) is 5.75 Å². The number of carbonyl (C=O) groups is 1. The molecule has 2 aliphatic rings. The number of benzene rings is 1. The maximum Gasteiger partial charge on any atom is 0.264 e. The second-order valence-electron chi connectivity index (χ2n) is 6.51. The second kappa shape index (κ2) is 5.80. The van der Waals surface area contributed by atoms with E-state index in [1.807, 2.05) is 12.1 Å². The van der Waals surface area contributed by atoms with E-state index in [1.165, 1.54) is 0 Å². The van der Waals surface area contributed by atoms with Crippen LogP contribution in [0.4, 0.5) is 0 Å². The van der Waals surface area contributed by atoms with Crippen LogP contribution in [0.5, 0.6) is 5.75 Å². The summed E-state index contributed by atoms with van der Waals surface area (Å²) >= 11 is 1.62. The highest BCUT2D eigenvalue weighted by Crippen LogP contribution is 2.37. The molecule has 2 bridgehead atoms. The first-order valence-electron chi connectivity index (χ1n) is 8.29. The average Bonchev–Trinajstić information content (AvgIpc) is 3.02. The Kier molecular flexibility index (Phi) is 3.77. The lowest BCUT2D eigenvalue weighted by Gasteiger charge is -2.27. The van der Waals surface area contributed by atoms with Gasteiger partial charge in [-0.2, -0.15) is 0 Å². The Morgan fingerprint density at radius 2 is 2.13 bits per heavy atom. The predicted molar refractivity (Wildman–Crippen MR) is 93.6 cm³/mol. The number of thiophene rings is 1. The molecule has 2 atom stereocenters. The second-order valence-corrected chi connectivity index (χ2v) is 7.56. The van der Waals surface area contributed by atoms with E-state index in [2.05, 4.69) is 23.2 Å². The molecule has 2 saturated heterocycles. The maximum absolute atomic E-state index is 13.2. The van der Waals surface area contributed by atoms with Crippen LogP contribution < -0.4 is 10.1 Å². The van der Waals surface area contributed by atoms with E-state index in [4.69, 9.17) is 4.74 Å². The van der Waals surface area contributed by atoms with Gasteiger partial charge in [0, 0.05) is 23.3 Å². The molecule has 3 heterocycles. The largest absolute Gasteiger partial charge is 0.497 e. The number of rotatable bonds is 2. The third kappa shape index (κ3) is 2.42. The van der Waals surface area contributed by atoms with Crippen LogP contribution in [0, 0.1) is 6.92 Å². The molecule has 1 amide bonds. The van der Waals surface area contributed by atoms with Crippen molar-refractivity contribution in [2.24, 2.45) is 0 Å². The Labute approximate surface area is 140 Å². The maximum atomic E-state index is 13.2. The minimum Gasteiger partial charge on any atom is -0.497 e. The number of aryl methyl sites for hydroxylation is 1. The fraction of sp³-hybridized carbons (Fsp3) is 0.500. The minimum absolute atomic E-state index is 0.221. The Hall–Kier alpha value is -1.59. The summed E-state index contributed by atoms with van der Waals surface area (Å²) in [5.74, 6) is 1.07. The lowest BCUT2D eigenvalue weighted by Crippen LogP contribution is -2.42. The van der Waals surface area contributed by atoms with E-state index in [0.29, 0.717) is 12.1 Å². The normalized spacial score (nSPS) is 24.0. The molecule has 1 aromatic carbocycles. The molecular weight excluding hydrogens is 308 g/mol. The molecule has 0 radical (unpaired) electrons. The summed E-state index contributed by atoms with van der Waals surface area (Å²) in [6.07, 6.45) is 3.34. The number of amides is 1. The Morgan fingerprint density at radius 3 is 2.96 bits per heavy atom. The summed E-state index contributed by atoms with van der Waals surface area (Å²) in [6, 6.07) is 6.82. The van der Waals surface area contributed by atoms with E-state index >= 15 is 0 Å². The molecule has 2 fully saturated rings. The summed E-state index contributed by atoms with van der Waals surface area (Å²) in [6.45, 7) is 4.01. The number of hydrogen-bond donors (Lipinski definition) is 1. The number of carbonyl (C=O) groups excluding carboxylic acids is 1. The van der Waals surface area contributed by atoms with Gasteiger partial charge in [-0.25, -0.2) is 0 Å². The smallest absolute Gasteiger partial charge is 0.264 e. The van der Waals surface area contributed by atoms with Gasteiger partial charge in [0.05, 0.1) is 12.0 Å². The van der Waals surface area contributed by atoms with Crippen molar-refractivity contribution in [3.63, 3.8) is 0 Å². The first-order chi connectivity index (χ1) is 11.2. The van der Waals surface area contributed by atoms with Crippen molar-refractivity contribution in [3.05, 3.63) is 28.6 Å². The summed E-state index contributed by atoms with van der Waals surface area (Å²) < 4.78 is 6.48. The fourth-order valence-corrected chi connectivity index (χ4v) is 5.10. The zero-order chi connectivity index (χ0) is 16.0. The first-order valence-corrected chi connectivity index (χ1v) is 9.11. The Balaban J connectivity index is 1.73. The van der Waals surface area contributed by atoms with Crippen LogP contribution in [0.25, 0.3) is 10.1 Å². The van der Waals surface area contributed by atoms with E-state index in [9.17, 15) is 4.79 Å². The van der Waals surface area contributed by atoms with Crippen molar-refractivity contribution in [3.8, 4) is 5.75 Å². The molecule has 1 aromatic heterocycles. The SMILES string of the molecule is COc1ccc2sc(C(=O)N3C4CCNCC3CC4)c(C)c2c1. The van der Waals surface area contributed by atoms with Crippen molar-refractivity contribution in [1.82, 2.24) is 10.2 Å². The van der Waals surface area contributed by atoms with Gasteiger partial charge >= 0.3 is 0 Å². The van der Waals surface area contributed by atoms with E-state index in [1.54, 1.807) is 18.4 Å². The van der Waals surface area contributed by atoms with Gasteiger partial charge in [0.15, 0.2) is 0 Å². The highest BCUT2D eigenvalue weighted by atomic mass is 32.1. The number of ether oxygens (including phenoxy) is 1. The van der Waals surface area contributed by atoms with Gasteiger partial charge < -0.3 is 15.0 Å².